The highest BCUT2D eigenvalue weighted by Gasteiger charge is 2.12. The van der Waals surface area contributed by atoms with E-state index in [1.54, 1.807) is 48.5 Å². The summed E-state index contributed by atoms with van der Waals surface area (Å²) in [5.41, 5.74) is 1.21. The van der Waals surface area contributed by atoms with Gasteiger partial charge in [-0.25, -0.2) is 4.39 Å². The first-order valence-corrected chi connectivity index (χ1v) is 7.89. The van der Waals surface area contributed by atoms with Crippen molar-refractivity contribution in [3.63, 3.8) is 0 Å². The van der Waals surface area contributed by atoms with Gasteiger partial charge in [0.1, 0.15) is 30.0 Å². The lowest BCUT2D eigenvalue weighted by Gasteiger charge is -2.06. The van der Waals surface area contributed by atoms with E-state index >= 15 is 0 Å². The van der Waals surface area contributed by atoms with E-state index < -0.39 is 0 Å². The van der Waals surface area contributed by atoms with Gasteiger partial charge in [-0.05, 0) is 42.0 Å². The predicted octanol–water partition coefficient (Wildman–Crippen LogP) is 3.80. The lowest BCUT2D eigenvalue weighted by Crippen LogP contribution is -2.22. The summed E-state index contributed by atoms with van der Waals surface area (Å²) in [6.45, 7) is 0.366. The summed E-state index contributed by atoms with van der Waals surface area (Å²) in [5, 5.41) is 11.7. The van der Waals surface area contributed by atoms with Crippen molar-refractivity contribution in [1.29, 1.82) is 5.26 Å². The molecule has 130 valence electrons. The fourth-order valence-electron chi connectivity index (χ4n) is 2.28. The van der Waals surface area contributed by atoms with E-state index in [9.17, 15) is 9.18 Å². The van der Waals surface area contributed by atoms with Gasteiger partial charge in [0.05, 0.1) is 5.56 Å². The molecule has 5 nitrogen and oxygen atoms in total. The zero-order chi connectivity index (χ0) is 18.4. The van der Waals surface area contributed by atoms with Gasteiger partial charge in [0.2, 0.25) is 0 Å². The quantitative estimate of drug-likeness (QED) is 0.734. The van der Waals surface area contributed by atoms with Crippen LogP contribution in [-0.4, -0.2) is 5.91 Å². The lowest BCUT2D eigenvalue weighted by atomic mass is 10.2. The van der Waals surface area contributed by atoms with Gasteiger partial charge in [0.15, 0.2) is 5.76 Å². The highest BCUT2D eigenvalue weighted by atomic mass is 19.1. The molecule has 2 aromatic carbocycles. The van der Waals surface area contributed by atoms with E-state index in [0.717, 1.165) is 5.56 Å². The maximum Gasteiger partial charge on any atom is 0.287 e. The van der Waals surface area contributed by atoms with Gasteiger partial charge < -0.3 is 14.5 Å². The van der Waals surface area contributed by atoms with Crippen LogP contribution in [0.1, 0.15) is 27.4 Å². The molecule has 1 amide bonds. The van der Waals surface area contributed by atoms with Crippen LogP contribution in [0, 0.1) is 17.1 Å². The molecule has 1 aromatic heterocycles. The van der Waals surface area contributed by atoms with E-state index in [-0.39, 0.29) is 30.6 Å². The number of para-hydroxylation sites is 1. The van der Waals surface area contributed by atoms with Gasteiger partial charge in [-0.15, -0.1) is 0 Å². The molecule has 0 radical (unpaired) electrons. The smallest absolute Gasteiger partial charge is 0.287 e. The second-order valence-electron chi connectivity index (χ2n) is 5.47. The molecule has 3 aromatic rings. The molecular weight excluding hydrogens is 335 g/mol. The van der Waals surface area contributed by atoms with E-state index in [1.807, 2.05) is 6.07 Å². The molecule has 0 bridgehead atoms. The monoisotopic (exact) mass is 350 g/mol. The molecule has 0 fully saturated rings. The molecule has 0 atom stereocenters. The number of hydrogen-bond donors (Lipinski definition) is 1. The number of amides is 1. The van der Waals surface area contributed by atoms with Crippen molar-refractivity contribution in [2.45, 2.75) is 13.2 Å². The molecule has 6 heteroatoms. The van der Waals surface area contributed by atoms with E-state index in [1.165, 1.54) is 12.1 Å². The number of carbonyl (C=O) groups is 1. The second-order valence-corrected chi connectivity index (χ2v) is 5.47. The Bertz CT molecular complexity index is 942. The number of carbonyl (C=O) groups excluding carboxylic acids is 1. The molecule has 3 rings (SSSR count). The third kappa shape index (κ3) is 4.28. The Morgan fingerprint density at radius 3 is 2.65 bits per heavy atom. The fraction of sp³-hybridized carbons (Fsp3) is 0.100. The summed E-state index contributed by atoms with van der Waals surface area (Å²) in [6, 6.07) is 18.0. The maximum absolute atomic E-state index is 12.9. The Morgan fingerprint density at radius 2 is 1.88 bits per heavy atom. The van der Waals surface area contributed by atoms with Gasteiger partial charge in [-0.2, -0.15) is 5.26 Å². The number of furan rings is 1. The van der Waals surface area contributed by atoms with Gasteiger partial charge in [-0.3, -0.25) is 4.79 Å². The highest BCUT2D eigenvalue weighted by Crippen LogP contribution is 2.19. The van der Waals surface area contributed by atoms with E-state index in [0.29, 0.717) is 17.1 Å². The highest BCUT2D eigenvalue weighted by molar-refractivity contribution is 5.91. The number of hydrogen-bond acceptors (Lipinski definition) is 4. The Kier molecular flexibility index (Phi) is 5.30. The van der Waals surface area contributed by atoms with Crippen LogP contribution in [0.2, 0.25) is 0 Å². The number of halogens is 1. The summed E-state index contributed by atoms with van der Waals surface area (Å²) in [5.74, 6) is 0.365. The van der Waals surface area contributed by atoms with Gasteiger partial charge in [-0.1, -0.05) is 24.3 Å². The largest absolute Gasteiger partial charge is 0.484 e. The first kappa shape index (κ1) is 17.2. The average molecular weight is 350 g/mol. The number of nitriles is 1. The van der Waals surface area contributed by atoms with Crippen LogP contribution in [0.15, 0.2) is 65.1 Å². The predicted molar refractivity (Wildman–Crippen MR) is 91.8 cm³/mol. The molecule has 26 heavy (non-hydrogen) atoms. The molecule has 0 aliphatic rings. The van der Waals surface area contributed by atoms with Crippen molar-refractivity contribution in [3.05, 3.63) is 89.1 Å². The van der Waals surface area contributed by atoms with E-state index in [2.05, 4.69) is 5.32 Å². The number of benzene rings is 2. The Balaban J connectivity index is 1.56. The minimum atomic E-state index is -0.377. The standard InChI is InChI=1S/C20H15FN2O3/c21-16-7-5-14(6-8-16)12-23-20(24)19-10-9-17(26-19)13-25-18-4-2-1-3-15(18)11-22/h1-10H,12-13H2,(H,23,24). The number of nitrogens with zero attached hydrogens (tertiary/aromatic N) is 1. The van der Waals surface area contributed by atoms with Crippen LogP contribution in [0.3, 0.4) is 0 Å². The van der Waals surface area contributed by atoms with Crippen LogP contribution in [0.4, 0.5) is 4.39 Å². The summed E-state index contributed by atoms with van der Waals surface area (Å²) >= 11 is 0. The van der Waals surface area contributed by atoms with Crippen LogP contribution >= 0.6 is 0 Å². The van der Waals surface area contributed by atoms with Gasteiger partial charge in [0.25, 0.3) is 5.91 Å². The van der Waals surface area contributed by atoms with Crippen molar-refractivity contribution in [3.8, 4) is 11.8 Å². The molecule has 1 N–H and O–H groups in total. The average Bonchev–Trinajstić information content (AvgIpc) is 3.15. The summed E-state index contributed by atoms with van der Waals surface area (Å²) in [4.78, 5) is 12.1. The topological polar surface area (TPSA) is 75.3 Å². The van der Waals surface area contributed by atoms with E-state index in [4.69, 9.17) is 14.4 Å². The maximum atomic E-state index is 12.9. The SMILES string of the molecule is N#Cc1ccccc1OCc1ccc(C(=O)NCc2ccc(F)cc2)o1. The van der Waals surface area contributed by atoms with Crippen LogP contribution < -0.4 is 10.1 Å². The molecule has 0 spiro atoms. The molecule has 0 aliphatic heterocycles. The van der Waals surface area contributed by atoms with Crippen LogP contribution in [-0.2, 0) is 13.2 Å². The Labute approximate surface area is 149 Å². The fourth-order valence-corrected chi connectivity index (χ4v) is 2.28. The third-order valence-corrected chi connectivity index (χ3v) is 3.63. The van der Waals surface area contributed by atoms with Crippen molar-refractivity contribution in [2.75, 3.05) is 0 Å². The van der Waals surface area contributed by atoms with Gasteiger partial charge >= 0.3 is 0 Å². The van der Waals surface area contributed by atoms with Crippen molar-refractivity contribution >= 4 is 5.91 Å². The first-order valence-electron chi connectivity index (χ1n) is 7.89. The summed E-state index contributed by atoms with van der Waals surface area (Å²) in [7, 11) is 0. The zero-order valence-electron chi connectivity index (χ0n) is 13.7. The minimum absolute atomic E-state index is 0.101. The minimum Gasteiger partial charge on any atom is -0.484 e. The molecule has 0 saturated heterocycles. The number of nitrogens with one attached hydrogen (secondary N) is 1. The second kappa shape index (κ2) is 7.99. The molecule has 0 aliphatic carbocycles. The first-order chi connectivity index (χ1) is 12.7. The molecule has 0 saturated carbocycles. The van der Waals surface area contributed by atoms with Gasteiger partial charge in [0, 0.05) is 6.54 Å². The van der Waals surface area contributed by atoms with Crippen molar-refractivity contribution in [1.82, 2.24) is 5.32 Å². The van der Waals surface area contributed by atoms with Crippen molar-refractivity contribution in [2.24, 2.45) is 0 Å². The Morgan fingerprint density at radius 1 is 1.12 bits per heavy atom. The molecule has 1 heterocycles. The summed E-state index contributed by atoms with van der Waals surface area (Å²) < 4.78 is 23.9. The Hall–Kier alpha value is -3.59. The lowest BCUT2D eigenvalue weighted by molar-refractivity contribution is 0.0919. The number of ether oxygens (including phenoxy) is 1. The normalized spacial score (nSPS) is 10.2. The zero-order valence-corrected chi connectivity index (χ0v) is 13.7. The summed E-state index contributed by atoms with van der Waals surface area (Å²) in [6.07, 6.45) is 0. The van der Waals surface area contributed by atoms with Crippen LogP contribution in [0.25, 0.3) is 0 Å². The van der Waals surface area contributed by atoms with Crippen LogP contribution in [0.5, 0.6) is 5.75 Å². The van der Waals surface area contributed by atoms with Crippen molar-refractivity contribution < 1.29 is 18.3 Å². The molecule has 0 unspecified atom stereocenters. The molecular formula is C20H15FN2O3. The third-order valence-electron chi connectivity index (χ3n) is 3.63. The number of rotatable bonds is 6.